The number of aryl methyl sites for hydroxylation is 1. The van der Waals surface area contributed by atoms with E-state index in [4.69, 9.17) is 11.6 Å². The van der Waals surface area contributed by atoms with E-state index in [0.717, 1.165) is 16.9 Å². The highest BCUT2D eigenvalue weighted by molar-refractivity contribution is 6.32. The monoisotopic (exact) mass is 385 g/mol. The number of para-hydroxylation sites is 1. The van der Waals surface area contributed by atoms with E-state index >= 15 is 0 Å². The summed E-state index contributed by atoms with van der Waals surface area (Å²) in [4.78, 5) is 38.6. The van der Waals surface area contributed by atoms with Crippen LogP contribution in [0.25, 0.3) is 0 Å². The maximum Gasteiger partial charge on any atom is 0.325 e. The number of benzene rings is 2. The molecule has 0 unspecified atom stereocenters. The maximum absolute atomic E-state index is 12.9. The third kappa shape index (κ3) is 3.53. The Morgan fingerprint density at radius 2 is 1.81 bits per heavy atom. The van der Waals surface area contributed by atoms with Gasteiger partial charge in [0.05, 0.1) is 0 Å². The third-order valence-corrected chi connectivity index (χ3v) is 4.99. The van der Waals surface area contributed by atoms with Gasteiger partial charge in [0.15, 0.2) is 0 Å². The van der Waals surface area contributed by atoms with Gasteiger partial charge in [-0.3, -0.25) is 14.5 Å². The fourth-order valence-electron chi connectivity index (χ4n) is 3.17. The van der Waals surface area contributed by atoms with Gasteiger partial charge in [-0.2, -0.15) is 0 Å². The summed E-state index contributed by atoms with van der Waals surface area (Å²) in [6.45, 7) is 3.19. The van der Waals surface area contributed by atoms with Gasteiger partial charge in [-0.05, 0) is 31.0 Å². The molecule has 0 saturated carbocycles. The summed E-state index contributed by atoms with van der Waals surface area (Å²) in [5.41, 5.74) is 0.830. The highest BCUT2D eigenvalue weighted by atomic mass is 35.5. The normalized spacial score (nSPS) is 19.1. The van der Waals surface area contributed by atoms with Crippen LogP contribution in [0.1, 0.15) is 25.0 Å². The minimum atomic E-state index is -1.31. The molecule has 1 heterocycles. The van der Waals surface area contributed by atoms with Crippen molar-refractivity contribution < 1.29 is 14.4 Å². The van der Waals surface area contributed by atoms with Crippen LogP contribution in [0.2, 0.25) is 5.02 Å². The van der Waals surface area contributed by atoms with Gasteiger partial charge in [-0.25, -0.2) is 4.79 Å². The Balaban J connectivity index is 1.78. The molecule has 1 aliphatic rings. The number of carbonyl (C=O) groups excluding carboxylic acids is 3. The second-order valence-corrected chi connectivity index (χ2v) is 6.89. The second kappa shape index (κ2) is 7.40. The molecule has 6 nitrogen and oxygen atoms in total. The molecule has 2 N–H and O–H groups in total. The number of carbonyl (C=O) groups is 3. The number of nitrogens with zero attached hydrogens (tertiary/aromatic N) is 1. The molecule has 1 atom stereocenters. The molecule has 1 aliphatic heterocycles. The Morgan fingerprint density at radius 1 is 1.15 bits per heavy atom. The number of nitrogens with one attached hydrogen (secondary N) is 2. The van der Waals surface area contributed by atoms with Crippen LogP contribution in [0.3, 0.4) is 0 Å². The summed E-state index contributed by atoms with van der Waals surface area (Å²) >= 11 is 6.20. The molecule has 3 rings (SSSR count). The molecule has 0 radical (unpaired) electrons. The Bertz CT molecular complexity index is 915. The van der Waals surface area contributed by atoms with Crippen LogP contribution >= 0.6 is 11.6 Å². The molecule has 1 fully saturated rings. The predicted molar refractivity (Wildman–Crippen MR) is 103 cm³/mol. The number of halogens is 1. The fraction of sp³-hybridized carbons (Fsp3) is 0.250. The van der Waals surface area contributed by atoms with E-state index < -0.39 is 23.4 Å². The number of urea groups is 1. The lowest BCUT2D eigenvalue weighted by atomic mass is 9.92. The van der Waals surface area contributed by atoms with Gasteiger partial charge < -0.3 is 10.6 Å². The molecule has 0 aromatic heterocycles. The summed E-state index contributed by atoms with van der Waals surface area (Å²) in [5.74, 6) is -0.956. The first kappa shape index (κ1) is 18.9. The van der Waals surface area contributed by atoms with Crippen LogP contribution in [0.15, 0.2) is 48.5 Å². The van der Waals surface area contributed by atoms with Gasteiger partial charge in [0.25, 0.3) is 5.91 Å². The summed E-state index contributed by atoms with van der Waals surface area (Å²) in [5, 5.41) is 5.79. The van der Waals surface area contributed by atoms with Crippen LogP contribution < -0.4 is 10.6 Å². The molecule has 27 heavy (non-hydrogen) atoms. The smallest absolute Gasteiger partial charge is 0.324 e. The van der Waals surface area contributed by atoms with Crippen LogP contribution in [-0.4, -0.2) is 29.3 Å². The largest absolute Gasteiger partial charge is 0.325 e. The lowest BCUT2D eigenvalue weighted by Gasteiger charge is -2.23. The van der Waals surface area contributed by atoms with Crippen molar-refractivity contribution in [1.82, 2.24) is 10.2 Å². The van der Waals surface area contributed by atoms with Crippen molar-refractivity contribution in [3.63, 3.8) is 0 Å². The zero-order valence-electron chi connectivity index (χ0n) is 15.1. The molecule has 4 amide bonds. The van der Waals surface area contributed by atoms with Gasteiger partial charge in [-0.1, -0.05) is 54.9 Å². The van der Waals surface area contributed by atoms with E-state index in [-0.39, 0.29) is 6.54 Å². The van der Waals surface area contributed by atoms with Gasteiger partial charge in [0.2, 0.25) is 5.91 Å². The number of imide groups is 1. The fourth-order valence-corrected chi connectivity index (χ4v) is 3.50. The molecule has 7 heteroatoms. The number of amides is 4. The van der Waals surface area contributed by atoms with E-state index in [9.17, 15) is 14.4 Å². The Kier molecular flexibility index (Phi) is 5.19. The zero-order chi connectivity index (χ0) is 19.6. The van der Waals surface area contributed by atoms with E-state index in [0.29, 0.717) is 16.3 Å². The lowest BCUT2D eigenvalue weighted by molar-refractivity contribution is -0.133. The van der Waals surface area contributed by atoms with Crippen LogP contribution in [0, 0.1) is 0 Å². The molecular weight excluding hydrogens is 366 g/mol. The standard InChI is InChI=1S/C20H20ClN3O3/c1-3-13-8-4-7-11-16(13)22-17(25)12-24-18(26)20(2,23-19(24)27)14-9-5-6-10-15(14)21/h4-11H,3,12H2,1-2H3,(H,22,25)(H,23,27)/t20-/m1/s1. The molecule has 140 valence electrons. The van der Waals surface area contributed by atoms with Crippen molar-refractivity contribution in [2.75, 3.05) is 11.9 Å². The topological polar surface area (TPSA) is 78.5 Å². The van der Waals surface area contributed by atoms with Gasteiger partial charge in [-0.15, -0.1) is 0 Å². The average Bonchev–Trinajstić information content (AvgIpc) is 2.86. The van der Waals surface area contributed by atoms with Crippen LogP contribution in [-0.2, 0) is 21.5 Å². The van der Waals surface area contributed by atoms with Crippen LogP contribution in [0.4, 0.5) is 10.5 Å². The molecular formula is C20H20ClN3O3. The van der Waals surface area contributed by atoms with E-state index in [1.165, 1.54) is 0 Å². The van der Waals surface area contributed by atoms with E-state index in [2.05, 4.69) is 10.6 Å². The van der Waals surface area contributed by atoms with Crippen molar-refractivity contribution >= 4 is 35.1 Å². The highest BCUT2D eigenvalue weighted by Crippen LogP contribution is 2.33. The first-order valence-electron chi connectivity index (χ1n) is 8.63. The summed E-state index contributed by atoms with van der Waals surface area (Å²) in [6, 6.07) is 13.6. The maximum atomic E-state index is 12.9. The Morgan fingerprint density at radius 3 is 2.52 bits per heavy atom. The van der Waals surface area contributed by atoms with Crippen molar-refractivity contribution in [3.8, 4) is 0 Å². The molecule has 1 saturated heterocycles. The first-order valence-corrected chi connectivity index (χ1v) is 9.01. The number of anilines is 1. The Hall–Kier alpha value is -2.86. The quantitative estimate of drug-likeness (QED) is 0.775. The highest BCUT2D eigenvalue weighted by Gasteiger charge is 2.50. The summed E-state index contributed by atoms with van der Waals surface area (Å²) in [7, 11) is 0. The SMILES string of the molecule is CCc1ccccc1NC(=O)CN1C(=O)N[C@](C)(c2ccccc2Cl)C1=O. The predicted octanol–water partition coefficient (Wildman–Crippen LogP) is 3.31. The molecule has 0 bridgehead atoms. The van der Waals surface area contributed by atoms with Crippen molar-refractivity contribution in [1.29, 1.82) is 0 Å². The average molecular weight is 386 g/mol. The van der Waals surface area contributed by atoms with Crippen molar-refractivity contribution in [2.45, 2.75) is 25.8 Å². The van der Waals surface area contributed by atoms with Crippen molar-refractivity contribution in [3.05, 3.63) is 64.7 Å². The zero-order valence-corrected chi connectivity index (χ0v) is 15.8. The molecule has 2 aromatic carbocycles. The van der Waals surface area contributed by atoms with Crippen LogP contribution in [0.5, 0.6) is 0 Å². The number of hydrogen-bond donors (Lipinski definition) is 2. The van der Waals surface area contributed by atoms with E-state index in [1.54, 1.807) is 37.3 Å². The number of rotatable bonds is 5. The second-order valence-electron chi connectivity index (χ2n) is 6.49. The first-order chi connectivity index (χ1) is 12.9. The minimum Gasteiger partial charge on any atom is -0.324 e. The third-order valence-electron chi connectivity index (χ3n) is 4.66. The summed E-state index contributed by atoms with van der Waals surface area (Å²) in [6.07, 6.45) is 0.754. The lowest BCUT2D eigenvalue weighted by Crippen LogP contribution is -2.42. The van der Waals surface area contributed by atoms with Gasteiger partial charge >= 0.3 is 6.03 Å². The Labute approximate surface area is 162 Å². The molecule has 2 aromatic rings. The van der Waals surface area contributed by atoms with E-state index in [1.807, 2.05) is 25.1 Å². The van der Waals surface area contributed by atoms with Crippen molar-refractivity contribution in [2.24, 2.45) is 0 Å². The van der Waals surface area contributed by atoms with Gasteiger partial charge in [0, 0.05) is 16.3 Å². The number of hydrogen-bond acceptors (Lipinski definition) is 3. The van der Waals surface area contributed by atoms with Gasteiger partial charge in [0.1, 0.15) is 12.1 Å². The minimum absolute atomic E-state index is 0.372. The molecule has 0 spiro atoms. The summed E-state index contributed by atoms with van der Waals surface area (Å²) < 4.78 is 0. The molecule has 0 aliphatic carbocycles.